The minimum atomic E-state index is 0.103. The van der Waals surface area contributed by atoms with Crippen molar-refractivity contribution in [3.63, 3.8) is 0 Å². The summed E-state index contributed by atoms with van der Waals surface area (Å²) in [5.74, 6) is 3.40. The van der Waals surface area contributed by atoms with Gasteiger partial charge in [0.25, 0.3) is 0 Å². The van der Waals surface area contributed by atoms with E-state index >= 15 is 0 Å². The van der Waals surface area contributed by atoms with Gasteiger partial charge in [-0.3, -0.25) is 4.79 Å². The Morgan fingerprint density at radius 2 is 1.96 bits per heavy atom. The van der Waals surface area contributed by atoms with Crippen LogP contribution < -0.4 is 5.32 Å². The molecular formula is C22H35NO2. The molecule has 25 heavy (non-hydrogen) atoms. The average molecular weight is 346 g/mol. The summed E-state index contributed by atoms with van der Waals surface area (Å²) in [5.41, 5.74) is 0.675. The second-order valence-corrected chi connectivity index (χ2v) is 9.75. The number of carbonyl (C=O) groups is 1. The molecule has 0 aromatic carbocycles. The van der Waals surface area contributed by atoms with Crippen LogP contribution in [0.15, 0.2) is 12.2 Å². The van der Waals surface area contributed by atoms with Crippen molar-refractivity contribution in [1.82, 2.24) is 5.32 Å². The highest BCUT2D eigenvalue weighted by Gasteiger charge is 2.59. The molecule has 3 nitrogen and oxygen atoms in total. The predicted octanol–water partition coefficient (Wildman–Crippen LogP) is 4.06. The number of amides is 1. The summed E-state index contributed by atoms with van der Waals surface area (Å²) in [7, 11) is 0. The number of rotatable bonds is 4. The van der Waals surface area contributed by atoms with E-state index in [-0.39, 0.29) is 11.3 Å². The molecule has 2 unspecified atom stereocenters. The van der Waals surface area contributed by atoms with Crippen LogP contribution in [0.3, 0.4) is 0 Å². The third-order valence-corrected chi connectivity index (χ3v) is 8.84. The first-order valence-electron chi connectivity index (χ1n) is 10.6. The second kappa shape index (κ2) is 6.40. The molecule has 7 atom stereocenters. The Morgan fingerprint density at radius 3 is 2.76 bits per heavy atom. The maximum atomic E-state index is 11.8. The molecule has 1 amide bonds. The van der Waals surface area contributed by atoms with Gasteiger partial charge >= 0.3 is 0 Å². The highest BCUT2D eigenvalue weighted by Crippen LogP contribution is 2.65. The Kier molecular flexibility index (Phi) is 4.50. The van der Waals surface area contributed by atoms with E-state index in [1.165, 1.54) is 44.9 Å². The fourth-order valence-electron chi connectivity index (χ4n) is 7.42. The topological polar surface area (TPSA) is 49.3 Å². The fraction of sp³-hybridized carbons (Fsp3) is 0.864. The molecule has 140 valence electrons. The summed E-state index contributed by atoms with van der Waals surface area (Å²) in [6.45, 7) is 5.33. The van der Waals surface area contributed by atoms with Crippen molar-refractivity contribution >= 4 is 5.91 Å². The van der Waals surface area contributed by atoms with Crippen LogP contribution in [0.5, 0.6) is 0 Å². The van der Waals surface area contributed by atoms with Crippen molar-refractivity contribution in [1.29, 1.82) is 0 Å². The van der Waals surface area contributed by atoms with Crippen LogP contribution in [0.1, 0.15) is 71.6 Å². The van der Waals surface area contributed by atoms with Gasteiger partial charge in [-0.15, -0.1) is 0 Å². The largest absolute Gasteiger partial charge is 0.396 e. The van der Waals surface area contributed by atoms with Crippen LogP contribution in [0.4, 0.5) is 0 Å². The molecule has 0 aromatic heterocycles. The van der Waals surface area contributed by atoms with E-state index in [4.69, 9.17) is 5.11 Å². The molecule has 0 radical (unpaired) electrons. The van der Waals surface area contributed by atoms with E-state index in [1.54, 1.807) is 6.08 Å². The monoisotopic (exact) mass is 345 g/mol. The molecule has 1 heterocycles. The van der Waals surface area contributed by atoms with E-state index in [0.29, 0.717) is 18.1 Å². The van der Waals surface area contributed by atoms with Crippen molar-refractivity contribution in [2.75, 3.05) is 6.61 Å². The van der Waals surface area contributed by atoms with Crippen molar-refractivity contribution in [2.45, 2.75) is 77.7 Å². The Labute approximate surface area is 152 Å². The first-order valence-corrected chi connectivity index (χ1v) is 10.6. The van der Waals surface area contributed by atoms with Crippen LogP contribution in [0.25, 0.3) is 0 Å². The van der Waals surface area contributed by atoms with Gasteiger partial charge in [-0.05, 0) is 86.5 Å². The molecule has 3 aliphatic carbocycles. The average Bonchev–Trinajstić information content (AvgIpc) is 2.92. The SMILES string of the molecule is C[C@]12C=CC(=O)NC1CC[C@@H]1[C@H]2CC[C@]2(C)C(CCCCO)CC[C@@H]12. The number of nitrogens with one attached hydrogen (secondary N) is 1. The molecule has 0 saturated heterocycles. The lowest BCUT2D eigenvalue weighted by atomic mass is 9.48. The number of hydrogen-bond acceptors (Lipinski definition) is 2. The lowest BCUT2D eigenvalue weighted by molar-refractivity contribution is -0.122. The van der Waals surface area contributed by atoms with Gasteiger partial charge in [0, 0.05) is 18.1 Å². The third kappa shape index (κ3) is 2.69. The van der Waals surface area contributed by atoms with Gasteiger partial charge in [-0.25, -0.2) is 0 Å². The normalized spacial score (nSPS) is 48.4. The maximum absolute atomic E-state index is 11.8. The summed E-state index contributed by atoms with van der Waals surface area (Å²) >= 11 is 0. The molecule has 4 aliphatic rings. The van der Waals surface area contributed by atoms with E-state index < -0.39 is 0 Å². The van der Waals surface area contributed by atoms with Gasteiger partial charge in [0.1, 0.15) is 0 Å². The van der Waals surface area contributed by atoms with Gasteiger partial charge in [0.15, 0.2) is 0 Å². The third-order valence-electron chi connectivity index (χ3n) is 8.84. The van der Waals surface area contributed by atoms with Crippen molar-refractivity contribution in [2.24, 2.45) is 34.5 Å². The number of aliphatic hydroxyl groups is 1. The summed E-state index contributed by atoms with van der Waals surface area (Å²) < 4.78 is 0. The van der Waals surface area contributed by atoms with Gasteiger partial charge in [-0.2, -0.15) is 0 Å². The van der Waals surface area contributed by atoms with Crippen LogP contribution >= 0.6 is 0 Å². The highest BCUT2D eigenvalue weighted by atomic mass is 16.2. The molecule has 2 N–H and O–H groups in total. The van der Waals surface area contributed by atoms with Crippen LogP contribution in [-0.4, -0.2) is 23.7 Å². The Bertz CT molecular complexity index is 558. The molecule has 3 saturated carbocycles. The Hall–Kier alpha value is -0.830. The fourth-order valence-corrected chi connectivity index (χ4v) is 7.42. The van der Waals surface area contributed by atoms with Crippen LogP contribution in [0.2, 0.25) is 0 Å². The molecule has 1 aliphatic heterocycles. The zero-order chi connectivity index (χ0) is 17.7. The summed E-state index contributed by atoms with van der Waals surface area (Å²) in [4.78, 5) is 11.8. The minimum absolute atomic E-state index is 0.103. The van der Waals surface area contributed by atoms with E-state index in [9.17, 15) is 4.79 Å². The number of unbranched alkanes of at least 4 members (excludes halogenated alkanes) is 1. The first kappa shape index (κ1) is 17.6. The van der Waals surface area contributed by atoms with E-state index in [2.05, 4.69) is 25.2 Å². The van der Waals surface area contributed by atoms with Gasteiger partial charge in [0.2, 0.25) is 5.91 Å². The van der Waals surface area contributed by atoms with Crippen LogP contribution in [-0.2, 0) is 4.79 Å². The van der Waals surface area contributed by atoms with Gasteiger partial charge < -0.3 is 10.4 Å². The van der Waals surface area contributed by atoms with Crippen molar-refractivity contribution < 1.29 is 9.90 Å². The quantitative estimate of drug-likeness (QED) is 0.755. The standard InChI is InChI=1S/C22H35NO2/c1-21-12-10-18-16(17(21)8-6-15(21)5-3-4-14-24)7-9-19-22(18,2)13-11-20(25)23-19/h11,13,15-19,24H,3-10,12,14H2,1-2H3,(H,23,25)/t15?,16-,17-,18+,19?,21+,22+/m0/s1. The number of hydrogen-bond donors (Lipinski definition) is 2. The van der Waals surface area contributed by atoms with Gasteiger partial charge in [0.05, 0.1) is 0 Å². The maximum Gasteiger partial charge on any atom is 0.243 e. The smallest absolute Gasteiger partial charge is 0.243 e. The zero-order valence-corrected chi connectivity index (χ0v) is 16.0. The summed E-state index contributed by atoms with van der Waals surface area (Å²) in [6, 6.07) is 0.345. The van der Waals surface area contributed by atoms with E-state index in [0.717, 1.165) is 36.5 Å². The number of fused-ring (bicyclic) bond motifs is 5. The van der Waals surface area contributed by atoms with Gasteiger partial charge in [-0.1, -0.05) is 26.3 Å². The molecule has 0 aromatic rings. The number of carbonyl (C=O) groups excluding carboxylic acids is 1. The van der Waals surface area contributed by atoms with Crippen LogP contribution in [0, 0.1) is 34.5 Å². The Morgan fingerprint density at radius 1 is 1.12 bits per heavy atom. The highest BCUT2D eigenvalue weighted by molar-refractivity contribution is 5.89. The summed E-state index contributed by atoms with van der Waals surface area (Å²) in [6.07, 6.45) is 15.4. The molecule has 3 fully saturated rings. The minimum Gasteiger partial charge on any atom is -0.396 e. The first-order chi connectivity index (χ1) is 12.0. The molecule has 3 heteroatoms. The Balaban J connectivity index is 1.54. The summed E-state index contributed by atoms with van der Waals surface area (Å²) in [5, 5.41) is 12.4. The second-order valence-electron chi connectivity index (χ2n) is 9.75. The lowest BCUT2D eigenvalue weighted by Gasteiger charge is -2.59. The predicted molar refractivity (Wildman–Crippen MR) is 99.9 cm³/mol. The molecular weight excluding hydrogens is 310 g/mol. The van der Waals surface area contributed by atoms with E-state index in [1.807, 2.05) is 0 Å². The lowest BCUT2D eigenvalue weighted by Crippen LogP contribution is -2.59. The molecule has 0 bridgehead atoms. The molecule has 4 rings (SSSR count). The molecule has 0 spiro atoms. The zero-order valence-electron chi connectivity index (χ0n) is 16.0. The van der Waals surface area contributed by atoms with Crippen molar-refractivity contribution in [3.05, 3.63) is 12.2 Å². The van der Waals surface area contributed by atoms with Crippen molar-refractivity contribution in [3.8, 4) is 0 Å². The number of aliphatic hydroxyl groups excluding tert-OH is 1.